The lowest BCUT2D eigenvalue weighted by atomic mass is 9.95. The summed E-state index contributed by atoms with van der Waals surface area (Å²) < 4.78 is 24.5. The number of piperidine rings is 1. The third kappa shape index (κ3) is 3.79. The average molecular weight is 412 g/mol. The van der Waals surface area contributed by atoms with E-state index in [0.29, 0.717) is 24.6 Å². The van der Waals surface area contributed by atoms with Crippen LogP contribution < -0.4 is 0 Å². The lowest BCUT2D eigenvalue weighted by Crippen LogP contribution is -2.38. The molecular formula is C22H25N3O3S. The predicted octanol–water partition coefficient (Wildman–Crippen LogP) is 3.76. The standard InChI is InChI=1S/C22H25N3O3S/c1-15(2)29(27,28)18-9-7-17(8-10-18)22(26)25-13-11-16(12-14-25)21-23-19-5-3-4-6-20(19)24-21/h3-10,15-16H,11-14H2,1-2H3,(H,23,24). The van der Waals surface area contributed by atoms with Crippen molar-refractivity contribution >= 4 is 26.8 Å². The summed E-state index contributed by atoms with van der Waals surface area (Å²) in [5, 5.41) is -0.485. The lowest BCUT2D eigenvalue weighted by molar-refractivity contribution is 0.0711. The van der Waals surface area contributed by atoms with Crippen molar-refractivity contribution in [3.63, 3.8) is 0 Å². The minimum absolute atomic E-state index is 0.0541. The number of hydrogen-bond donors (Lipinski definition) is 1. The van der Waals surface area contributed by atoms with E-state index in [0.717, 1.165) is 29.7 Å². The number of likely N-dealkylation sites (tertiary alicyclic amines) is 1. The van der Waals surface area contributed by atoms with E-state index in [4.69, 9.17) is 4.98 Å². The van der Waals surface area contributed by atoms with E-state index in [1.54, 1.807) is 26.0 Å². The summed E-state index contributed by atoms with van der Waals surface area (Å²) in [6.45, 7) is 4.63. The first-order valence-electron chi connectivity index (χ1n) is 9.94. The molecule has 1 aromatic heterocycles. The number of sulfone groups is 1. The largest absolute Gasteiger partial charge is 0.342 e. The summed E-state index contributed by atoms with van der Waals surface area (Å²) in [6.07, 6.45) is 1.71. The molecule has 0 atom stereocenters. The van der Waals surface area contributed by atoms with Gasteiger partial charge in [0.25, 0.3) is 5.91 Å². The Morgan fingerprint density at radius 1 is 1.07 bits per heavy atom. The SMILES string of the molecule is CC(C)S(=O)(=O)c1ccc(C(=O)N2CCC(c3nc4ccccc4[nH]3)CC2)cc1. The van der Waals surface area contributed by atoms with Crippen molar-refractivity contribution in [1.29, 1.82) is 0 Å². The molecule has 3 aromatic rings. The fourth-order valence-electron chi connectivity index (χ4n) is 3.76. The molecule has 152 valence electrons. The molecule has 2 heterocycles. The molecule has 1 saturated heterocycles. The van der Waals surface area contributed by atoms with Crippen molar-refractivity contribution in [1.82, 2.24) is 14.9 Å². The van der Waals surface area contributed by atoms with Crippen LogP contribution in [0.4, 0.5) is 0 Å². The monoisotopic (exact) mass is 411 g/mol. The summed E-state index contributed by atoms with van der Waals surface area (Å²) in [4.78, 5) is 23.0. The molecule has 0 saturated carbocycles. The van der Waals surface area contributed by atoms with Crippen LogP contribution in [0.1, 0.15) is 48.8 Å². The van der Waals surface area contributed by atoms with Crippen LogP contribution in [0.25, 0.3) is 11.0 Å². The lowest BCUT2D eigenvalue weighted by Gasteiger charge is -2.31. The minimum atomic E-state index is -3.33. The van der Waals surface area contributed by atoms with Gasteiger partial charge in [-0.25, -0.2) is 13.4 Å². The van der Waals surface area contributed by atoms with Gasteiger partial charge in [-0.3, -0.25) is 4.79 Å². The number of amides is 1. The Balaban J connectivity index is 1.42. The number of hydrogen-bond acceptors (Lipinski definition) is 4. The molecule has 6 nitrogen and oxygen atoms in total. The highest BCUT2D eigenvalue weighted by Crippen LogP contribution is 2.28. The van der Waals surface area contributed by atoms with E-state index in [1.807, 2.05) is 29.2 Å². The van der Waals surface area contributed by atoms with Crippen molar-refractivity contribution < 1.29 is 13.2 Å². The third-order valence-electron chi connectivity index (χ3n) is 5.63. The highest BCUT2D eigenvalue weighted by Gasteiger charge is 2.27. The Labute approximate surface area is 170 Å². The summed E-state index contributed by atoms with van der Waals surface area (Å²) in [6, 6.07) is 14.3. The van der Waals surface area contributed by atoms with Gasteiger partial charge < -0.3 is 9.88 Å². The minimum Gasteiger partial charge on any atom is -0.342 e. The van der Waals surface area contributed by atoms with Crippen LogP contribution in [-0.2, 0) is 9.84 Å². The van der Waals surface area contributed by atoms with Gasteiger partial charge in [-0.15, -0.1) is 0 Å². The van der Waals surface area contributed by atoms with E-state index in [2.05, 4.69) is 4.98 Å². The first-order valence-corrected chi connectivity index (χ1v) is 11.5. The number of nitrogens with zero attached hydrogens (tertiary/aromatic N) is 2. The van der Waals surface area contributed by atoms with Gasteiger partial charge in [-0.05, 0) is 63.1 Å². The summed E-state index contributed by atoms with van der Waals surface area (Å²) in [7, 11) is -3.33. The highest BCUT2D eigenvalue weighted by molar-refractivity contribution is 7.92. The van der Waals surface area contributed by atoms with Gasteiger partial charge in [0.1, 0.15) is 5.82 Å². The average Bonchev–Trinajstić information content (AvgIpc) is 3.17. The van der Waals surface area contributed by atoms with Gasteiger partial charge in [0, 0.05) is 24.6 Å². The second-order valence-corrected chi connectivity index (χ2v) is 10.3. The van der Waals surface area contributed by atoms with Crippen LogP contribution >= 0.6 is 0 Å². The summed E-state index contributed by atoms with van der Waals surface area (Å²) in [5.41, 5.74) is 2.53. The van der Waals surface area contributed by atoms with Crippen molar-refractivity contribution in [3.8, 4) is 0 Å². The molecular weight excluding hydrogens is 386 g/mol. The van der Waals surface area contributed by atoms with Crippen LogP contribution in [-0.4, -0.2) is 47.5 Å². The van der Waals surface area contributed by atoms with Crippen LogP contribution in [0.2, 0.25) is 0 Å². The molecule has 0 radical (unpaired) electrons. The number of fused-ring (bicyclic) bond motifs is 1. The first-order chi connectivity index (χ1) is 13.9. The van der Waals surface area contributed by atoms with Crippen LogP contribution in [0.15, 0.2) is 53.4 Å². The Bertz CT molecular complexity index is 1090. The first kappa shape index (κ1) is 19.6. The van der Waals surface area contributed by atoms with E-state index in [1.165, 1.54) is 12.1 Å². The predicted molar refractivity (Wildman–Crippen MR) is 113 cm³/mol. The van der Waals surface area contributed by atoms with Crippen molar-refractivity contribution in [2.24, 2.45) is 0 Å². The van der Waals surface area contributed by atoms with Crippen LogP contribution in [0.3, 0.4) is 0 Å². The number of carbonyl (C=O) groups is 1. The van der Waals surface area contributed by atoms with Crippen LogP contribution in [0, 0.1) is 0 Å². The van der Waals surface area contributed by atoms with E-state index in [-0.39, 0.29) is 10.8 Å². The Morgan fingerprint density at radius 3 is 2.34 bits per heavy atom. The van der Waals surface area contributed by atoms with E-state index in [9.17, 15) is 13.2 Å². The van der Waals surface area contributed by atoms with Crippen molar-refractivity contribution in [3.05, 3.63) is 59.9 Å². The smallest absolute Gasteiger partial charge is 0.253 e. The Kier molecular flexibility index (Phi) is 5.17. The van der Waals surface area contributed by atoms with Crippen molar-refractivity contribution in [2.75, 3.05) is 13.1 Å². The normalized spacial score (nSPS) is 15.9. The zero-order valence-electron chi connectivity index (χ0n) is 16.6. The molecule has 1 amide bonds. The van der Waals surface area contributed by atoms with Gasteiger partial charge in [0.2, 0.25) is 0 Å². The number of benzene rings is 2. The van der Waals surface area contributed by atoms with E-state index >= 15 is 0 Å². The molecule has 1 fully saturated rings. The molecule has 1 aliphatic heterocycles. The molecule has 0 bridgehead atoms. The molecule has 0 unspecified atom stereocenters. The van der Waals surface area contributed by atoms with Gasteiger partial charge in [-0.2, -0.15) is 0 Å². The second kappa shape index (κ2) is 7.63. The molecule has 4 rings (SSSR count). The number of imidazole rings is 1. The Hall–Kier alpha value is -2.67. The van der Waals surface area contributed by atoms with Gasteiger partial charge in [0.05, 0.1) is 21.2 Å². The molecule has 7 heteroatoms. The maximum atomic E-state index is 12.8. The fourth-order valence-corrected chi connectivity index (χ4v) is 4.82. The fraction of sp³-hybridized carbons (Fsp3) is 0.364. The Morgan fingerprint density at radius 2 is 1.72 bits per heavy atom. The topological polar surface area (TPSA) is 83.1 Å². The summed E-state index contributed by atoms with van der Waals surface area (Å²) in [5.74, 6) is 1.24. The zero-order valence-corrected chi connectivity index (χ0v) is 17.4. The molecule has 2 aromatic carbocycles. The van der Waals surface area contributed by atoms with E-state index < -0.39 is 15.1 Å². The zero-order chi connectivity index (χ0) is 20.6. The molecule has 0 aliphatic carbocycles. The number of carbonyl (C=O) groups excluding carboxylic acids is 1. The van der Waals surface area contributed by atoms with Crippen molar-refractivity contribution in [2.45, 2.75) is 42.8 Å². The number of rotatable bonds is 4. The molecule has 1 aliphatic rings. The number of aromatic nitrogens is 2. The highest BCUT2D eigenvalue weighted by atomic mass is 32.2. The molecule has 29 heavy (non-hydrogen) atoms. The molecule has 0 spiro atoms. The van der Waals surface area contributed by atoms with Gasteiger partial charge in [0.15, 0.2) is 9.84 Å². The number of nitrogens with one attached hydrogen (secondary N) is 1. The number of aromatic amines is 1. The quantitative estimate of drug-likeness (QED) is 0.708. The van der Waals surface area contributed by atoms with Crippen LogP contribution in [0.5, 0.6) is 0 Å². The summed E-state index contributed by atoms with van der Waals surface area (Å²) >= 11 is 0. The second-order valence-electron chi connectivity index (χ2n) is 7.82. The number of para-hydroxylation sites is 2. The van der Waals surface area contributed by atoms with Gasteiger partial charge in [-0.1, -0.05) is 12.1 Å². The maximum absolute atomic E-state index is 12.8. The maximum Gasteiger partial charge on any atom is 0.253 e. The number of H-pyrrole nitrogens is 1. The third-order valence-corrected chi connectivity index (χ3v) is 7.80. The molecule has 1 N–H and O–H groups in total. The van der Waals surface area contributed by atoms with Gasteiger partial charge >= 0.3 is 0 Å².